The third-order valence-corrected chi connectivity index (χ3v) is 2.28. The average molecular weight is 252 g/mol. The molecule has 0 aliphatic heterocycles. The molecule has 0 atom stereocenters. The molecule has 0 aromatic heterocycles. The van der Waals surface area contributed by atoms with Crippen molar-refractivity contribution in [2.75, 3.05) is 27.4 Å². The van der Waals surface area contributed by atoms with Crippen molar-refractivity contribution in [3.63, 3.8) is 0 Å². The molecule has 0 aliphatic rings. The second-order valence-corrected chi connectivity index (χ2v) is 3.49. The monoisotopic (exact) mass is 252 g/mol. The van der Waals surface area contributed by atoms with E-state index in [1.54, 1.807) is 13.2 Å². The summed E-state index contributed by atoms with van der Waals surface area (Å²) in [5.41, 5.74) is 5.55. The van der Waals surface area contributed by atoms with Gasteiger partial charge in [0.2, 0.25) is 5.91 Å². The maximum atomic E-state index is 11.6. The molecule has 1 aromatic carbocycles. The van der Waals surface area contributed by atoms with Gasteiger partial charge in [0.1, 0.15) is 12.4 Å². The van der Waals surface area contributed by atoms with Crippen molar-refractivity contribution in [1.29, 1.82) is 0 Å². The van der Waals surface area contributed by atoms with E-state index in [1.807, 2.05) is 0 Å². The predicted molar refractivity (Wildman–Crippen MR) is 65.7 cm³/mol. The topological polar surface area (TPSA) is 90.7 Å². The molecule has 1 aromatic rings. The molecule has 0 radical (unpaired) electrons. The van der Waals surface area contributed by atoms with E-state index in [-0.39, 0.29) is 17.0 Å². The number of ether oxygens (including phenoxy) is 2. The molecular weight excluding hydrogens is 236 g/mol. The summed E-state index contributed by atoms with van der Waals surface area (Å²) >= 11 is 0. The summed E-state index contributed by atoms with van der Waals surface area (Å²) in [6, 6.07) is 4.53. The summed E-state index contributed by atoms with van der Waals surface area (Å²) in [6.45, 7) is 0.798. The Balaban J connectivity index is 2.98. The summed E-state index contributed by atoms with van der Waals surface area (Å²) in [6.07, 6.45) is 0. The fourth-order valence-electron chi connectivity index (χ4n) is 1.39. The van der Waals surface area contributed by atoms with E-state index in [9.17, 15) is 9.59 Å². The molecule has 0 spiro atoms. The van der Waals surface area contributed by atoms with E-state index in [4.69, 9.17) is 15.2 Å². The van der Waals surface area contributed by atoms with Crippen LogP contribution >= 0.6 is 0 Å². The number of rotatable bonds is 6. The van der Waals surface area contributed by atoms with Crippen LogP contribution < -0.4 is 15.8 Å². The van der Waals surface area contributed by atoms with Crippen molar-refractivity contribution in [3.8, 4) is 5.75 Å². The van der Waals surface area contributed by atoms with Crippen LogP contribution in [0.25, 0.3) is 0 Å². The highest BCUT2D eigenvalue weighted by Gasteiger charge is 2.15. The lowest BCUT2D eigenvalue weighted by Gasteiger charge is -2.10. The second kappa shape index (κ2) is 6.61. The molecule has 2 amide bonds. The summed E-state index contributed by atoms with van der Waals surface area (Å²) in [7, 11) is 3.04. The van der Waals surface area contributed by atoms with Gasteiger partial charge in [0.25, 0.3) is 5.91 Å². The van der Waals surface area contributed by atoms with Crippen molar-refractivity contribution in [1.82, 2.24) is 5.32 Å². The van der Waals surface area contributed by atoms with Crippen LogP contribution in [-0.4, -0.2) is 39.2 Å². The number of carbonyl (C=O) groups is 2. The largest absolute Gasteiger partial charge is 0.491 e. The Morgan fingerprint density at radius 2 is 2.00 bits per heavy atom. The lowest BCUT2D eigenvalue weighted by molar-refractivity contribution is 0.0942. The Hall–Kier alpha value is -2.08. The summed E-state index contributed by atoms with van der Waals surface area (Å²) in [5, 5.41) is 2.44. The Labute approximate surface area is 105 Å². The Morgan fingerprint density at radius 3 is 2.56 bits per heavy atom. The van der Waals surface area contributed by atoms with Crippen LogP contribution in [-0.2, 0) is 4.74 Å². The van der Waals surface area contributed by atoms with Crippen molar-refractivity contribution in [3.05, 3.63) is 29.3 Å². The molecular formula is C12H16N2O4. The van der Waals surface area contributed by atoms with Gasteiger partial charge in [-0.25, -0.2) is 0 Å². The van der Waals surface area contributed by atoms with Crippen LogP contribution in [0.3, 0.4) is 0 Å². The maximum Gasteiger partial charge on any atom is 0.251 e. The van der Waals surface area contributed by atoms with Gasteiger partial charge >= 0.3 is 0 Å². The van der Waals surface area contributed by atoms with E-state index < -0.39 is 5.91 Å². The van der Waals surface area contributed by atoms with Gasteiger partial charge in [-0.05, 0) is 18.2 Å². The zero-order chi connectivity index (χ0) is 13.5. The molecule has 18 heavy (non-hydrogen) atoms. The second-order valence-electron chi connectivity index (χ2n) is 3.49. The van der Waals surface area contributed by atoms with Gasteiger partial charge in [-0.3, -0.25) is 9.59 Å². The number of methoxy groups -OCH3 is 1. The van der Waals surface area contributed by atoms with E-state index in [1.165, 1.54) is 19.2 Å². The van der Waals surface area contributed by atoms with Crippen LogP contribution in [0.1, 0.15) is 20.7 Å². The Bertz CT molecular complexity index is 446. The molecule has 0 unspecified atom stereocenters. The number of carbonyl (C=O) groups excluding carboxylic acids is 2. The fraction of sp³-hybridized carbons (Fsp3) is 0.333. The Morgan fingerprint density at radius 1 is 1.28 bits per heavy atom. The summed E-state index contributed by atoms with van der Waals surface area (Å²) < 4.78 is 10.2. The molecule has 1 rings (SSSR count). The minimum absolute atomic E-state index is 0.161. The van der Waals surface area contributed by atoms with Crippen molar-refractivity contribution in [2.45, 2.75) is 0 Å². The molecule has 0 fully saturated rings. The van der Waals surface area contributed by atoms with Gasteiger partial charge in [-0.1, -0.05) is 0 Å². The van der Waals surface area contributed by atoms with E-state index in [0.717, 1.165) is 0 Å². The van der Waals surface area contributed by atoms with Gasteiger partial charge in [0.05, 0.1) is 17.7 Å². The first-order valence-corrected chi connectivity index (χ1v) is 5.37. The van der Waals surface area contributed by atoms with Crippen molar-refractivity contribution < 1.29 is 19.1 Å². The lowest BCUT2D eigenvalue weighted by atomic mass is 10.1. The molecule has 98 valence electrons. The van der Waals surface area contributed by atoms with Crippen LogP contribution in [0.2, 0.25) is 0 Å². The normalized spacial score (nSPS) is 9.89. The van der Waals surface area contributed by atoms with Crippen molar-refractivity contribution >= 4 is 11.8 Å². The summed E-state index contributed by atoms with van der Waals surface area (Å²) in [4.78, 5) is 22.8. The third-order valence-electron chi connectivity index (χ3n) is 2.28. The number of nitrogens with two attached hydrogens (primary N) is 1. The standard InChI is InChI=1S/C12H16N2O4/c1-14-12(16)10-7-8(18-6-5-17-2)3-4-9(10)11(13)15/h3-4,7H,5-6H2,1-2H3,(H2,13,15)(H,14,16). The van der Waals surface area contributed by atoms with E-state index >= 15 is 0 Å². The van der Waals surface area contributed by atoms with Crippen LogP contribution in [0, 0.1) is 0 Å². The van der Waals surface area contributed by atoms with Crippen LogP contribution in [0.15, 0.2) is 18.2 Å². The Kier molecular flexibility index (Phi) is 5.13. The smallest absolute Gasteiger partial charge is 0.251 e. The number of nitrogens with one attached hydrogen (secondary N) is 1. The molecule has 0 saturated heterocycles. The molecule has 3 N–H and O–H groups in total. The molecule has 0 bridgehead atoms. The van der Waals surface area contributed by atoms with Gasteiger partial charge in [0, 0.05) is 14.2 Å². The van der Waals surface area contributed by atoms with E-state index in [0.29, 0.717) is 19.0 Å². The highest BCUT2D eigenvalue weighted by molar-refractivity contribution is 6.06. The minimum Gasteiger partial charge on any atom is -0.491 e. The SMILES string of the molecule is CNC(=O)c1cc(OCCOC)ccc1C(N)=O. The quantitative estimate of drug-likeness (QED) is 0.706. The average Bonchev–Trinajstić information content (AvgIpc) is 2.37. The molecule has 6 nitrogen and oxygen atoms in total. The molecule has 0 aliphatic carbocycles. The van der Waals surface area contributed by atoms with Gasteiger partial charge in [-0.15, -0.1) is 0 Å². The van der Waals surface area contributed by atoms with Crippen LogP contribution in [0.4, 0.5) is 0 Å². The maximum absolute atomic E-state index is 11.6. The lowest BCUT2D eigenvalue weighted by Crippen LogP contribution is -2.23. The zero-order valence-electron chi connectivity index (χ0n) is 10.4. The van der Waals surface area contributed by atoms with E-state index in [2.05, 4.69) is 5.32 Å². The summed E-state index contributed by atoms with van der Waals surface area (Å²) in [5.74, 6) is -0.561. The number of hydrogen-bond donors (Lipinski definition) is 2. The number of benzene rings is 1. The van der Waals surface area contributed by atoms with Gasteiger partial charge in [-0.2, -0.15) is 0 Å². The molecule has 0 heterocycles. The molecule has 0 saturated carbocycles. The first kappa shape index (κ1) is 14.0. The number of hydrogen-bond acceptors (Lipinski definition) is 4. The number of amides is 2. The highest BCUT2D eigenvalue weighted by Crippen LogP contribution is 2.18. The highest BCUT2D eigenvalue weighted by atomic mass is 16.5. The van der Waals surface area contributed by atoms with Crippen molar-refractivity contribution in [2.24, 2.45) is 5.73 Å². The first-order chi connectivity index (χ1) is 8.60. The first-order valence-electron chi connectivity index (χ1n) is 5.37. The van der Waals surface area contributed by atoms with Gasteiger partial charge < -0.3 is 20.5 Å². The van der Waals surface area contributed by atoms with Gasteiger partial charge in [0.15, 0.2) is 0 Å². The van der Waals surface area contributed by atoms with Crippen LogP contribution in [0.5, 0.6) is 5.75 Å². The molecule has 6 heteroatoms. The zero-order valence-corrected chi connectivity index (χ0v) is 10.4. The fourth-order valence-corrected chi connectivity index (χ4v) is 1.39. The third kappa shape index (κ3) is 3.46. The minimum atomic E-state index is -0.656. The predicted octanol–water partition coefficient (Wildman–Crippen LogP) is 0.170. The number of primary amides is 1.